The summed E-state index contributed by atoms with van der Waals surface area (Å²) in [5, 5.41) is 13.8. The number of carbonyl (C=O) groups is 3. The number of para-hydroxylation sites is 1. The summed E-state index contributed by atoms with van der Waals surface area (Å²) in [6.45, 7) is 0.445. The maximum absolute atomic E-state index is 12.4. The summed E-state index contributed by atoms with van der Waals surface area (Å²) in [6, 6.07) is 13.0. The number of hydrogen-bond acceptors (Lipinski definition) is 5. The van der Waals surface area contributed by atoms with E-state index in [0.29, 0.717) is 12.1 Å². The van der Waals surface area contributed by atoms with E-state index < -0.39 is 22.8 Å². The number of nitrogens with zero attached hydrogens (tertiary/aromatic N) is 3. The van der Waals surface area contributed by atoms with Crippen molar-refractivity contribution in [2.45, 2.75) is 6.54 Å². The number of imide groups is 2. The van der Waals surface area contributed by atoms with Gasteiger partial charge in [0.25, 0.3) is 17.5 Å². The van der Waals surface area contributed by atoms with Crippen molar-refractivity contribution in [3.05, 3.63) is 81.5 Å². The normalized spacial score (nSPS) is 15.7. The topological polar surface area (TPSA) is 115 Å². The van der Waals surface area contributed by atoms with Gasteiger partial charge in [0.15, 0.2) is 0 Å². The van der Waals surface area contributed by atoms with Gasteiger partial charge in [-0.25, -0.2) is 4.79 Å². The molecular weight excluding hydrogens is 388 g/mol. The van der Waals surface area contributed by atoms with E-state index in [1.165, 1.54) is 25.3 Å². The molecule has 1 saturated heterocycles. The van der Waals surface area contributed by atoms with E-state index >= 15 is 0 Å². The molecule has 1 aromatic heterocycles. The first kappa shape index (κ1) is 19.1. The highest BCUT2D eigenvalue weighted by Gasteiger charge is 2.33. The minimum Gasteiger partial charge on any atom is -0.342 e. The van der Waals surface area contributed by atoms with Gasteiger partial charge in [-0.2, -0.15) is 0 Å². The van der Waals surface area contributed by atoms with Crippen molar-refractivity contribution < 1.29 is 19.3 Å². The van der Waals surface area contributed by atoms with Crippen molar-refractivity contribution >= 4 is 40.5 Å². The molecule has 0 aliphatic carbocycles. The third-order valence-electron chi connectivity index (χ3n) is 4.92. The zero-order valence-electron chi connectivity index (χ0n) is 15.9. The van der Waals surface area contributed by atoms with Gasteiger partial charge >= 0.3 is 6.03 Å². The van der Waals surface area contributed by atoms with E-state index in [1.807, 2.05) is 28.8 Å². The quantitative estimate of drug-likeness (QED) is 0.311. The number of urea groups is 1. The lowest BCUT2D eigenvalue weighted by molar-refractivity contribution is -0.384. The molecule has 1 N–H and O–H groups in total. The van der Waals surface area contributed by atoms with Crippen molar-refractivity contribution in [1.82, 2.24) is 14.8 Å². The van der Waals surface area contributed by atoms with Gasteiger partial charge in [-0.15, -0.1) is 0 Å². The van der Waals surface area contributed by atoms with Crippen molar-refractivity contribution in [2.24, 2.45) is 0 Å². The number of benzene rings is 2. The Hall–Kier alpha value is -4.27. The second-order valence-electron chi connectivity index (χ2n) is 6.83. The molecule has 0 atom stereocenters. The SMILES string of the molecule is CN1C(=O)NC(=O)/C(=C\c2cn(Cc3ccc([N+](=O)[O-])cc3)c3ccccc23)C1=O. The van der Waals surface area contributed by atoms with Gasteiger partial charge in [-0.3, -0.25) is 29.9 Å². The number of aromatic nitrogens is 1. The molecule has 9 heteroatoms. The lowest BCUT2D eigenvalue weighted by Gasteiger charge is -2.22. The molecule has 9 nitrogen and oxygen atoms in total. The minimum absolute atomic E-state index is 0.0158. The van der Waals surface area contributed by atoms with Crippen LogP contribution in [0.3, 0.4) is 0 Å². The molecule has 0 bridgehead atoms. The Bertz CT molecular complexity index is 1240. The van der Waals surface area contributed by atoms with Crippen LogP contribution in [0.15, 0.2) is 60.3 Å². The van der Waals surface area contributed by atoms with Crippen LogP contribution in [-0.2, 0) is 16.1 Å². The Labute approximate surface area is 170 Å². The second kappa shape index (κ2) is 7.28. The first-order chi connectivity index (χ1) is 14.3. The number of nitro benzene ring substituents is 1. The molecule has 30 heavy (non-hydrogen) atoms. The summed E-state index contributed by atoms with van der Waals surface area (Å²) in [5.74, 6) is -1.41. The fourth-order valence-electron chi connectivity index (χ4n) is 3.34. The number of carbonyl (C=O) groups excluding carboxylic acids is 3. The summed E-state index contributed by atoms with van der Waals surface area (Å²) < 4.78 is 1.93. The molecule has 1 aliphatic heterocycles. The lowest BCUT2D eigenvalue weighted by Crippen LogP contribution is -2.52. The number of likely N-dealkylation sites (N-methyl/N-ethyl adjacent to an activating group) is 1. The fourth-order valence-corrected chi connectivity index (χ4v) is 3.34. The highest BCUT2D eigenvalue weighted by atomic mass is 16.6. The van der Waals surface area contributed by atoms with Crippen LogP contribution in [-0.4, -0.2) is 39.3 Å². The molecule has 2 heterocycles. The van der Waals surface area contributed by atoms with Gasteiger partial charge in [-0.1, -0.05) is 30.3 Å². The Morgan fingerprint density at radius 2 is 1.77 bits per heavy atom. The first-order valence-corrected chi connectivity index (χ1v) is 9.01. The van der Waals surface area contributed by atoms with Crippen molar-refractivity contribution in [2.75, 3.05) is 7.05 Å². The molecule has 4 amide bonds. The molecule has 0 spiro atoms. The number of barbiturate groups is 1. The van der Waals surface area contributed by atoms with Crippen LogP contribution >= 0.6 is 0 Å². The van der Waals surface area contributed by atoms with Crippen molar-refractivity contribution in [3.63, 3.8) is 0 Å². The Morgan fingerprint density at radius 1 is 1.07 bits per heavy atom. The number of amides is 4. The number of fused-ring (bicyclic) bond motifs is 1. The number of nitrogens with one attached hydrogen (secondary N) is 1. The molecule has 2 aromatic carbocycles. The van der Waals surface area contributed by atoms with Crippen LogP contribution < -0.4 is 5.32 Å². The van der Waals surface area contributed by atoms with Crippen LogP contribution in [0.5, 0.6) is 0 Å². The zero-order valence-corrected chi connectivity index (χ0v) is 15.9. The van der Waals surface area contributed by atoms with Crippen LogP contribution in [0.4, 0.5) is 10.5 Å². The predicted octanol–water partition coefficient (Wildman–Crippen LogP) is 2.69. The van der Waals surface area contributed by atoms with Gasteiger partial charge in [0, 0.05) is 48.4 Å². The standard InChI is InChI=1S/C21H16N4O5/c1-23-20(27)17(19(26)22-21(23)28)10-14-12-24(18-5-3-2-4-16(14)18)11-13-6-8-15(9-7-13)25(29)30/h2-10,12H,11H2,1H3,(H,22,26,28)/b17-10+. The second-order valence-corrected chi connectivity index (χ2v) is 6.83. The van der Waals surface area contributed by atoms with E-state index in [4.69, 9.17) is 0 Å². The maximum atomic E-state index is 12.4. The van der Waals surface area contributed by atoms with Gasteiger partial charge in [0.2, 0.25) is 0 Å². The smallest absolute Gasteiger partial charge is 0.331 e. The molecule has 1 fully saturated rings. The summed E-state index contributed by atoms with van der Waals surface area (Å²) >= 11 is 0. The number of nitro groups is 1. The zero-order chi connectivity index (χ0) is 21.4. The number of non-ortho nitro benzene ring substituents is 1. The minimum atomic E-state index is -0.761. The summed E-state index contributed by atoms with van der Waals surface area (Å²) in [6.07, 6.45) is 3.27. The van der Waals surface area contributed by atoms with Crippen LogP contribution in [0.25, 0.3) is 17.0 Å². The van der Waals surface area contributed by atoms with Crippen LogP contribution in [0, 0.1) is 10.1 Å². The van der Waals surface area contributed by atoms with E-state index in [0.717, 1.165) is 21.4 Å². The third-order valence-corrected chi connectivity index (χ3v) is 4.92. The maximum Gasteiger partial charge on any atom is 0.331 e. The Kier molecular flexibility index (Phi) is 4.63. The van der Waals surface area contributed by atoms with Crippen molar-refractivity contribution in [3.8, 4) is 0 Å². The molecule has 0 radical (unpaired) electrons. The summed E-state index contributed by atoms with van der Waals surface area (Å²) in [5.41, 5.74) is 2.26. The lowest BCUT2D eigenvalue weighted by atomic mass is 10.1. The van der Waals surface area contributed by atoms with Gasteiger partial charge in [0.1, 0.15) is 5.57 Å². The predicted molar refractivity (Wildman–Crippen MR) is 108 cm³/mol. The van der Waals surface area contributed by atoms with E-state index in [1.54, 1.807) is 18.3 Å². The molecule has 0 unspecified atom stereocenters. The first-order valence-electron chi connectivity index (χ1n) is 9.01. The van der Waals surface area contributed by atoms with E-state index in [2.05, 4.69) is 5.32 Å². The fraction of sp³-hybridized carbons (Fsp3) is 0.0952. The molecule has 3 aromatic rings. The Balaban J connectivity index is 1.74. The summed E-state index contributed by atoms with van der Waals surface area (Å²) in [4.78, 5) is 47.4. The summed E-state index contributed by atoms with van der Waals surface area (Å²) in [7, 11) is 1.30. The van der Waals surface area contributed by atoms with E-state index in [-0.39, 0.29) is 11.3 Å². The van der Waals surface area contributed by atoms with Gasteiger partial charge in [0.05, 0.1) is 4.92 Å². The van der Waals surface area contributed by atoms with Crippen molar-refractivity contribution in [1.29, 1.82) is 0 Å². The number of rotatable bonds is 4. The Morgan fingerprint density at radius 3 is 2.47 bits per heavy atom. The van der Waals surface area contributed by atoms with Gasteiger partial charge in [-0.05, 0) is 17.7 Å². The molecule has 4 rings (SSSR count). The van der Waals surface area contributed by atoms with Gasteiger partial charge < -0.3 is 4.57 Å². The highest BCUT2D eigenvalue weighted by Crippen LogP contribution is 2.26. The van der Waals surface area contributed by atoms with Crippen LogP contribution in [0.2, 0.25) is 0 Å². The average molecular weight is 404 g/mol. The highest BCUT2D eigenvalue weighted by molar-refractivity contribution is 6.31. The molecule has 0 saturated carbocycles. The molecular formula is C21H16N4O5. The molecule has 150 valence electrons. The van der Waals surface area contributed by atoms with E-state index in [9.17, 15) is 24.5 Å². The third kappa shape index (κ3) is 3.32. The average Bonchev–Trinajstić information content (AvgIpc) is 3.07. The largest absolute Gasteiger partial charge is 0.342 e. The van der Waals surface area contributed by atoms with Crippen LogP contribution in [0.1, 0.15) is 11.1 Å². The molecule has 1 aliphatic rings. The number of hydrogen-bond donors (Lipinski definition) is 1. The monoisotopic (exact) mass is 404 g/mol.